The zero-order valence-corrected chi connectivity index (χ0v) is 9.56. The molecule has 0 spiro atoms. The third-order valence-corrected chi connectivity index (χ3v) is 2.14. The van der Waals surface area contributed by atoms with Crippen LogP contribution >= 0.6 is 0 Å². The fraction of sp³-hybridized carbons (Fsp3) is 0.727. The molecule has 1 heterocycles. The minimum atomic E-state index is -0.498. The van der Waals surface area contributed by atoms with Gasteiger partial charge in [0.05, 0.1) is 12.6 Å². The maximum atomic E-state index is 11.7. The number of rotatable bonds is 1. The van der Waals surface area contributed by atoms with Gasteiger partial charge < -0.3 is 9.84 Å². The number of carbonyl (C=O) groups excluding carboxylic acids is 1. The van der Waals surface area contributed by atoms with Crippen molar-refractivity contribution in [3.63, 3.8) is 0 Å². The van der Waals surface area contributed by atoms with Crippen molar-refractivity contribution in [2.75, 3.05) is 6.61 Å². The quantitative estimate of drug-likeness (QED) is 0.723. The normalized spacial score (nSPS) is 21.6. The lowest BCUT2D eigenvalue weighted by atomic mass is 10.1. The second kappa shape index (κ2) is 4.66. The number of ether oxygens (including phenoxy) is 1. The van der Waals surface area contributed by atoms with Crippen molar-refractivity contribution >= 4 is 6.09 Å². The zero-order chi connectivity index (χ0) is 11.5. The van der Waals surface area contributed by atoms with Gasteiger partial charge in [-0.15, -0.1) is 0 Å². The summed E-state index contributed by atoms with van der Waals surface area (Å²) in [7, 11) is 0. The third kappa shape index (κ3) is 3.55. The molecule has 1 N–H and O–H groups in total. The van der Waals surface area contributed by atoms with Crippen molar-refractivity contribution in [3.8, 4) is 0 Å². The van der Waals surface area contributed by atoms with E-state index in [0.29, 0.717) is 0 Å². The van der Waals surface area contributed by atoms with E-state index >= 15 is 0 Å². The number of carbonyl (C=O) groups is 1. The molecular weight excluding hydrogens is 194 g/mol. The maximum absolute atomic E-state index is 11.7. The molecule has 0 aliphatic carbocycles. The topological polar surface area (TPSA) is 49.8 Å². The summed E-state index contributed by atoms with van der Waals surface area (Å²) in [5, 5.41) is 9.13. The Labute approximate surface area is 90.5 Å². The number of aliphatic hydroxyl groups excluding tert-OH is 1. The Morgan fingerprint density at radius 1 is 1.60 bits per heavy atom. The van der Waals surface area contributed by atoms with Crippen LogP contribution in [0.1, 0.15) is 33.6 Å². The Bertz CT molecular complexity index is 255. The van der Waals surface area contributed by atoms with Gasteiger partial charge in [-0.3, -0.25) is 4.90 Å². The molecule has 1 aliphatic rings. The molecule has 15 heavy (non-hydrogen) atoms. The van der Waals surface area contributed by atoms with Crippen molar-refractivity contribution in [3.05, 3.63) is 12.3 Å². The summed E-state index contributed by atoms with van der Waals surface area (Å²) < 4.78 is 5.23. The van der Waals surface area contributed by atoms with Crippen LogP contribution in [-0.4, -0.2) is 34.3 Å². The molecular formula is C11H19NO3. The largest absolute Gasteiger partial charge is 0.443 e. The fourth-order valence-corrected chi connectivity index (χ4v) is 1.44. The molecule has 1 aliphatic heterocycles. The highest BCUT2D eigenvalue weighted by Gasteiger charge is 2.27. The molecule has 0 aromatic heterocycles. The van der Waals surface area contributed by atoms with Crippen molar-refractivity contribution in [1.29, 1.82) is 0 Å². The number of hydrogen-bond donors (Lipinski definition) is 1. The highest BCUT2D eigenvalue weighted by atomic mass is 16.6. The van der Waals surface area contributed by atoms with Gasteiger partial charge in [0.25, 0.3) is 0 Å². The van der Waals surface area contributed by atoms with E-state index in [9.17, 15) is 4.79 Å². The predicted octanol–water partition coefficient (Wildman–Crippen LogP) is 1.89. The second-order valence-electron chi connectivity index (χ2n) is 4.69. The number of aliphatic hydroxyl groups is 1. The Kier molecular flexibility index (Phi) is 3.74. The van der Waals surface area contributed by atoms with E-state index in [4.69, 9.17) is 9.84 Å². The average molecular weight is 213 g/mol. The highest BCUT2D eigenvalue weighted by Crippen LogP contribution is 2.18. The summed E-state index contributed by atoms with van der Waals surface area (Å²) in [6.45, 7) is 5.45. The molecule has 4 nitrogen and oxygen atoms in total. The van der Waals surface area contributed by atoms with Gasteiger partial charge in [0.2, 0.25) is 0 Å². The number of hydrogen-bond acceptors (Lipinski definition) is 3. The standard InChI is InChI=1S/C11H19NO3/c1-11(2,3)15-10(14)12-7-5-4-6-9(12)8-13/h5,7,9,13H,4,6,8H2,1-3H3/t9-/m0/s1. The van der Waals surface area contributed by atoms with Gasteiger partial charge in [0.15, 0.2) is 0 Å². The molecule has 86 valence electrons. The van der Waals surface area contributed by atoms with Gasteiger partial charge in [0, 0.05) is 6.20 Å². The van der Waals surface area contributed by atoms with Crippen molar-refractivity contribution in [2.24, 2.45) is 0 Å². The first-order chi connectivity index (χ1) is 6.94. The summed E-state index contributed by atoms with van der Waals surface area (Å²) >= 11 is 0. The van der Waals surface area contributed by atoms with E-state index < -0.39 is 11.7 Å². The van der Waals surface area contributed by atoms with Crippen LogP contribution in [0.4, 0.5) is 4.79 Å². The predicted molar refractivity (Wildman–Crippen MR) is 57.3 cm³/mol. The molecule has 4 heteroatoms. The van der Waals surface area contributed by atoms with Crippen molar-refractivity contribution in [2.45, 2.75) is 45.3 Å². The first-order valence-electron chi connectivity index (χ1n) is 5.23. The van der Waals surface area contributed by atoms with E-state index in [0.717, 1.165) is 12.8 Å². The van der Waals surface area contributed by atoms with Crippen molar-refractivity contribution < 1.29 is 14.6 Å². The van der Waals surface area contributed by atoms with E-state index in [1.807, 2.05) is 26.8 Å². The lowest BCUT2D eigenvalue weighted by Gasteiger charge is -2.32. The van der Waals surface area contributed by atoms with Gasteiger partial charge in [-0.1, -0.05) is 6.08 Å². The lowest BCUT2D eigenvalue weighted by molar-refractivity contribution is 0.0193. The Hall–Kier alpha value is -1.03. The van der Waals surface area contributed by atoms with Crippen LogP contribution in [0.15, 0.2) is 12.3 Å². The third-order valence-electron chi connectivity index (χ3n) is 2.14. The smallest absolute Gasteiger partial charge is 0.414 e. The SMILES string of the molecule is CC(C)(C)OC(=O)N1C=CCC[C@H]1CO. The molecule has 1 amide bonds. The van der Waals surface area contributed by atoms with Crippen LogP contribution < -0.4 is 0 Å². The van der Waals surface area contributed by atoms with Crippen LogP contribution in [-0.2, 0) is 4.74 Å². The van der Waals surface area contributed by atoms with Crippen LogP contribution in [0.3, 0.4) is 0 Å². The Balaban J connectivity index is 2.64. The molecule has 0 fully saturated rings. The summed E-state index contributed by atoms with van der Waals surface area (Å²) in [6, 6.07) is -0.148. The van der Waals surface area contributed by atoms with Crippen LogP contribution in [0.2, 0.25) is 0 Å². The second-order valence-corrected chi connectivity index (χ2v) is 4.69. The van der Waals surface area contributed by atoms with Gasteiger partial charge >= 0.3 is 6.09 Å². The van der Waals surface area contributed by atoms with Gasteiger partial charge in [-0.2, -0.15) is 0 Å². The summed E-state index contributed by atoms with van der Waals surface area (Å²) in [5.41, 5.74) is -0.498. The van der Waals surface area contributed by atoms with E-state index in [1.165, 1.54) is 4.90 Å². The highest BCUT2D eigenvalue weighted by molar-refractivity contribution is 5.70. The Morgan fingerprint density at radius 3 is 2.80 bits per heavy atom. The van der Waals surface area contributed by atoms with E-state index in [-0.39, 0.29) is 12.6 Å². The number of allylic oxidation sites excluding steroid dienone is 1. The van der Waals surface area contributed by atoms with Gasteiger partial charge in [-0.25, -0.2) is 4.79 Å². The maximum Gasteiger partial charge on any atom is 0.414 e. The molecule has 0 aromatic rings. The lowest BCUT2D eigenvalue weighted by Crippen LogP contribution is -2.43. The molecule has 0 unspecified atom stereocenters. The first kappa shape index (κ1) is 12.0. The molecule has 1 atom stereocenters. The Morgan fingerprint density at radius 2 is 2.27 bits per heavy atom. The first-order valence-corrected chi connectivity index (χ1v) is 5.23. The molecule has 1 rings (SSSR count). The summed E-state index contributed by atoms with van der Waals surface area (Å²) in [5.74, 6) is 0. The number of amides is 1. The molecule has 0 bridgehead atoms. The summed E-state index contributed by atoms with van der Waals surface area (Å²) in [4.78, 5) is 13.2. The zero-order valence-electron chi connectivity index (χ0n) is 9.56. The van der Waals surface area contributed by atoms with Gasteiger partial charge in [0.1, 0.15) is 5.60 Å². The molecule has 0 aromatic carbocycles. The molecule has 0 saturated carbocycles. The monoisotopic (exact) mass is 213 g/mol. The molecule has 0 radical (unpaired) electrons. The van der Waals surface area contributed by atoms with E-state index in [1.54, 1.807) is 6.20 Å². The summed E-state index contributed by atoms with van der Waals surface area (Å²) in [6.07, 6.45) is 4.89. The van der Waals surface area contributed by atoms with Gasteiger partial charge in [-0.05, 0) is 33.6 Å². The number of nitrogens with zero attached hydrogens (tertiary/aromatic N) is 1. The van der Waals surface area contributed by atoms with Crippen LogP contribution in [0.25, 0.3) is 0 Å². The molecule has 0 saturated heterocycles. The van der Waals surface area contributed by atoms with Crippen LogP contribution in [0.5, 0.6) is 0 Å². The fourth-order valence-electron chi connectivity index (χ4n) is 1.44. The van der Waals surface area contributed by atoms with E-state index in [2.05, 4.69) is 0 Å². The minimum absolute atomic E-state index is 0.0242. The average Bonchev–Trinajstić information content (AvgIpc) is 2.15. The van der Waals surface area contributed by atoms with Crippen LogP contribution in [0, 0.1) is 0 Å². The van der Waals surface area contributed by atoms with Crippen molar-refractivity contribution in [1.82, 2.24) is 4.90 Å². The minimum Gasteiger partial charge on any atom is -0.443 e.